The van der Waals surface area contributed by atoms with E-state index >= 15 is 0 Å². The molecule has 1 rings (SSSR count). The quantitative estimate of drug-likeness (QED) is 0.555. The van der Waals surface area contributed by atoms with Crippen molar-refractivity contribution in [3.05, 3.63) is 0 Å². The third-order valence-corrected chi connectivity index (χ3v) is 2.64. The molecule has 0 amide bonds. The normalized spacial score (nSPS) is 27.3. The van der Waals surface area contributed by atoms with Crippen LogP contribution in [0.15, 0.2) is 0 Å². The second-order valence-corrected chi connectivity index (χ2v) is 4.07. The maximum atomic E-state index is 11.5. The minimum absolute atomic E-state index is 0.0596. The lowest BCUT2D eigenvalue weighted by molar-refractivity contribution is -0.147. The number of rotatable bonds is 4. The van der Waals surface area contributed by atoms with Crippen LogP contribution in [-0.2, 0) is 9.53 Å². The number of nitrogens with one attached hydrogen (secondary N) is 1. The summed E-state index contributed by atoms with van der Waals surface area (Å²) in [6.45, 7) is 4.78. The summed E-state index contributed by atoms with van der Waals surface area (Å²) in [7, 11) is 0. The van der Waals surface area contributed by atoms with Crippen molar-refractivity contribution in [2.24, 2.45) is 0 Å². The first kappa shape index (κ1) is 11.5. The van der Waals surface area contributed by atoms with E-state index in [2.05, 4.69) is 19.2 Å². The van der Waals surface area contributed by atoms with Crippen LogP contribution in [0.3, 0.4) is 0 Å². The monoisotopic (exact) mass is 199 g/mol. The first-order valence-electron chi connectivity index (χ1n) is 5.66. The molecule has 0 aromatic rings. The van der Waals surface area contributed by atoms with Crippen molar-refractivity contribution in [3.8, 4) is 0 Å². The van der Waals surface area contributed by atoms with Gasteiger partial charge in [0, 0.05) is 6.04 Å². The Kier molecular flexibility index (Phi) is 4.94. The van der Waals surface area contributed by atoms with Crippen molar-refractivity contribution in [3.63, 3.8) is 0 Å². The average molecular weight is 199 g/mol. The summed E-state index contributed by atoms with van der Waals surface area (Å²) < 4.78 is 5.17. The second kappa shape index (κ2) is 6.02. The van der Waals surface area contributed by atoms with Gasteiger partial charge in [0.15, 0.2) is 0 Å². The van der Waals surface area contributed by atoms with Crippen molar-refractivity contribution in [1.29, 1.82) is 0 Å². The molecule has 0 spiro atoms. The van der Waals surface area contributed by atoms with E-state index in [0.717, 1.165) is 25.7 Å². The first-order valence-corrected chi connectivity index (χ1v) is 5.66. The van der Waals surface area contributed by atoms with Crippen LogP contribution in [0.1, 0.15) is 46.0 Å². The van der Waals surface area contributed by atoms with Gasteiger partial charge in [0.25, 0.3) is 0 Å². The summed E-state index contributed by atoms with van der Waals surface area (Å²) in [5.41, 5.74) is 0. The van der Waals surface area contributed by atoms with Gasteiger partial charge in [-0.2, -0.15) is 0 Å². The van der Waals surface area contributed by atoms with Crippen molar-refractivity contribution in [2.75, 3.05) is 6.61 Å². The molecule has 0 unspecified atom stereocenters. The van der Waals surface area contributed by atoms with Gasteiger partial charge in [-0.05, 0) is 32.6 Å². The number of carbonyl (C=O) groups excluding carboxylic acids is 1. The Morgan fingerprint density at radius 3 is 2.93 bits per heavy atom. The Morgan fingerprint density at radius 2 is 2.29 bits per heavy atom. The fourth-order valence-corrected chi connectivity index (χ4v) is 1.74. The van der Waals surface area contributed by atoms with Crippen LogP contribution >= 0.6 is 0 Å². The maximum absolute atomic E-state index is 11.5. The third-order valence-electron chi connectivity index (χ3n) is 2.64. The minimum Gasteiger partial charge on any atom is -0.465 e. The van der Waals surface area contributed by atoms with E-state index in [0.29, 0.717) is 12.6 Å². The molecular weight excluding hydrogens is 178 g/mol. The van der Waals surface area contributed by atoms with Crippen LogP contribution in [0.25, 0.3) is 0 Å². The van der Waals surface area contributed by atoms with Gasteiger partial charge < -0.3 is 10.1 Å². The number of ether oxygens (including phenoxy) is 1. The van der Waals surface area contributed by atoms with Crippen LogP contribution in [0, 0.1) is 0 Å². The molecule has 3 heteroatoms. The zero-order valence-corrected chi connectivity index (χ0v) is 9.21. The van der Waals surface area contributed by atoms with E-state index in [9.17, 15) is 4.79 Å². The smallest absolute Gasteiger partial charge is 0.323 e. The van der Waals surface area contributed by atoms with Gasteiger partial charge in [0.1, 0.15) is 6.04 Å². The molecule has 1 aliphatic heterocycles. The molecule has 1 saturated heterocycles. The van der Waals surface area contributed by atoms with Gasteiger partial charge in [0.05, 0.1) is 6.61 Å². The Bertz CT molecular complexity index is 182. The van der Waals surface area contributed by atoms with Gasteiger partial charge in [-0.15, -0.1) is 0 Å². The number of unbranched alkanes of at least 4 members (excludes halogenated alkanes) is 1. The molecule has 0 aromatic carbocycles. The first-order chi connectivity index (χ1) is 6.74. The fraction of sp³-hybridized carbons (Fsp3) is 0.909. The van der Waals surface area contributed by atoms with Crippen molar-refractivity contribution in [1.82, 2.24) is 5.32 Å². The van der Waals surface area contributed by atoms with Gasteiger partial charge in [0.2, 0.25) is 0 Å². The lowest BCUT2D eigenvalue weighted by atomic mass is 10.00. The van der Waals surface area contributed by atoms with Crippen molar-refractivity contribution >= 4 is 5.97 Å². The zero-order valence-electron chi connectivity index (χ0n) is 9.21. The Balaban J connectivity index is 2.22. The van der Waals surface area contributed by atoms with Gasteiger partial charge in [-0.3, -0.25) is 4.79 Å². The molecule has 1 fully saturated rings. The molecule has 1 aliphatic rings. The fourth-order valence-electron chi connectivity index (χ4n) is 1.74. The van der Waals surface area contributed by atoms with Gasteiger partial charge in [-0.1, -0.05) is 13.3 Å². The molecule has 0 radical (unpaired) electrons. The predicted octanol–water partition coefficient (Wildman–Crippen LogP) is 1.86. The van der Waals surface area contributed by atoms with Crippen molar-refractivity contribution < 1.29 is 9.53 Å². The lowest BCUT2D eigenvalue weighted by Gasteiger charge is -2.27. The molecule has 0 aromatic heterocycles. The molecule has 0 bridgehead atoms. The van der Waals surface area contributed by atoms with Crippen LogP contribution in [0.2, 0.25) is 0 Å². The van der Waals surface area contributed by atoms with Gasteiger partial charge in [-0.25, -0.2) is 0 Å². The number of piperidine rings is 1. The number of esters is 1. The summed E-state index contributed by atoms with van der Waals surface area (Å²) in [6, 6.07) is 0.392. The molecule has 1 N–H and O–H groups in total. The molecule has 3 nitrogen and oxygen atoms in total. The second-order valence-electron chi connectivity index (χ2n) is 4.07. The molecule has 1 heterocycles. The Morgan fingerprint density at radius 1 is 1.50 bits per heavy atom. The summed E-state index contributed by atoms with van der Waals surface area (Å²) >= 11 is 0. The highest BCUT2D eigenvalue weighted by Crippen LogP contribution is 2.13. The van der Waals surface area contributed by atoms with E-state index in [1.165, 1.54) is 6.42 Å². The largest absolute Gasteiger partial charge is 0.465 e. The van der Waals surface area contributed by atoms with Crippen LogP contribution in [0.4, 0.5) is 0 Å². The summed E-state index contributed by atoms with van der Waals surface area (Å²) in [4.78, 5) is 11.5. The van der Waals surface area contributed by atoms with E-state index in [1.807, 2.05) is 0 Å². The number of hydrogen-bond acceptors (Lipinski definition) is 3. The number of hydrogen-bond donors (Lipinski definition) is 1. The number of carbonyl (C=O) groups is 1. The third kappa shape index (κ3) is 3.66. The highest BCUT2D eigenvalue weighted by atomic mass is 16.5. The van der Waals surface area contributed by atoms with E-state index in [4.69, 9.17) is 4.74 Å². The van der Waals surface area contributed by atoms with Crippen LogP contribution in [-0.4, -0.2) is 24.7 Å². The predicted molar refractivity (Wildman–Crippen MR) is 56.1 cm³/mol. The average Bonchev–Trinajstić information content (AvgIpc) is 2.18. The Hall–Kier alpha value is -0.570. The lowest BCUT2D eigenvalue weighted by Crippen LogP contribution is -2.46. The minimum atomic E-state index is -0.0648. The van der Waals surface area contributed by atoms with E-state index in [-0.39, 0.29) is 12.0 Å². The molecule has 14 heavy (non-hydrogen) atoms. The molecule has 2 atom stereocenters. The maximum Gasteiger partial charge on any atom is 0.323 e. The molecule has 0 saturated carbocycles. The highest BCUT2D eigenvalue weighted by Gasteiger charge is 2.24. The molecule has 0 aliphatic carbocycles. The van der Waals surface area contributed by atoms with Crippen LogP contribution < -0.4 is 5.32 Å². The highest BCUT2D eigenvalue weighted by molar-refractivity contribution is 5.75. The van der Waals surface area contributed by atoms with E-state index in [1.54, 1.807) is 0 Å². The summed E-state index contributed by atoms with van der Waals surface area (Å²) in [5, 5.41) is 3.27. The summed E-state index contributed by atoms with van der Waals surface area (Å²) in [5.74, 6) is -0.0648. The molecule has 82 valence electrons. The standard InChI is InChI=1S/C11H21NO2/c1-3-4-8-14-11(13)10-7-5-6-9(2)12-10/h9-10,12H,3-8H2,1-2H3/t9-,10-/m1/s1. The van der Waals surface area contributed by atoms with Crippen LogP contribution in [0.5, 0.6) is 0 Å². The van der Waals surface area contributed by atoms with E-state index < -0.39 is 0 Å². The SMILES string of the molecule is CCCCOC(=O)[C@H]1CCC[C@@H](C)N1. The van der Waals surface area contributed by atoms with Gasteiger partial charge >= 0.3 is 5.97 Å². The molecular formula is C11H21NO2. The van der Waals surface area contributed by atoms with Crippen molar-refractivity contribution in [2.45, 2.75) is 58.0 Å². The Labute approximate surface area is 86.2 Å². The topological polar surface area (TPSA) is 38.3 Å². The summed E-state index contributed by atoms with van der Waals surface area (Å²) in [6.07, 6.45) is 5.26. The zero-order chi connectivity index (χ0) is 10.4.